The van der Waals surface area contributed by atoms with E-state index in [0.29, 0.717) is 10.4 Å². The normalized spacial score (nSPS) is 12.9. The summed E-state index contributed by atoms with van der Waals surface area (Å²) in [6.45, 7) is 3.52. The summed E-state index contributed by atoms with van der Waals surface area (Å²) in [6.07, 6.45) is 1.80. The van der Waals surface area contributed by atoms with E-state index in [1.165, 1.54) is 31.5 Å². The third-order valence-corrected chi connectivity index (χ3v) is 6.37. The lowest BCUT2D eigenvalue weighted by Crippen LogP contribution is -2.23. The maximum Gasteiger partial charge on any atom is 0.279 e. The van der Waals surface area contributed by atoms with Crippen LogP contribution in [0.3, 0.4) is 0 Å². The highest BCUT2D eigenvalue weighted by atomic mass is 32.2. The average molecular weight is 353 g/mol. The van der Waals surface area contributed by atoms with Crippen LogP contribution in [0.1, 0.15) is 21.5 Å². The van der Waals surface area contributed by atoms with E-state index < -0.39 is 15.9 Å². The first-order valence-electron chi connectivity index (χ1n) is 6.87. The van der Waals surface area contributed by atoms with E-state index in [0.717, 1.165) is 9.87 Å². The van der Waals surface area contributed by atoms with Gasteiger partial charge in [0, 0.05) is 38.3 Å². The van der Waals surface area contributed by atoms with Crippen molar-refractivity contribution in [1.29, 1.82) is 0 Å². The van der Waals surface area contributed by atoms with Gasteiger partial charge in [-0.3, -0.25) is 4.79 Å². The summed E-state index contributed by atoms with van der Waals surface area (Å²) in [5.41, 5.74) is 1.64. The number of hydrogen-bond acceptors (Lipinski definition) is 4. The Morgan fingerprint density at radius 1 is 1.26 bits per heavy atom. The molecule has 0 fully saturated rings. The molecule has 8 heteroatoms. The van der Waals surface area contributed by atoms with Gasteiger partial charge in [-0.1, -0.05) is 0 Å². The van der Waals surface area contributed by atoms with E-state index in [1.807, 2.05) is 5.38 Å². The van der Waals surface area contributed by atoms with Crippen LogP contribution < -0.4 is 4.80 Å². The molecule has 1 amide bonds. The summed E-state index contributed by atoms with van der Waals surface area (Å²) in [5.74, 6) is -0.457. The van der Waals surface area contributed by atoms with Crippen molar-refractivity contribution in [2.24, 2.45) is 12.0 Å². The van der Waals surface area contributed by atoms with Crippen LogP contribution in [0.5, 0.6) is 0 Å². The smallest absolute Gasteiger partial charge is 0.279 e. The number of carbonyl (C=O) groups is 1. The van der Waals surface area contributed by atoms with Gasteiger partial charge in [0.15, 0.2) is 4.80 Å². The minimum atomic E-state index is -3.62. The molecule has 1 aromatic heterocycles. The average Bonchev–Trinajstić information content (AvgIpc) is 2.86. The number of aryl methyl sites for hydroxylation is 2. The lowest BCUT2D eigenvalue weighted by Gasteiger charge is -2.15. The quantitative estimate of drug-likeness (QED) is 0.843. The second kappa shape index (κ2) is 6.38. The Balaban J connectivity index is 2.61. The van der Waals surface area contributed by atoms with Crippen LogP contribution in [0, 0.1) is 13.8 Å². The molecule has 0 saturated carbocycles. The summed E-state index contributed by atoms with van der Waals surface area (Å²) >= 11 is 1.34. The number of aromatic nitrogens is 1. The molecule has 0 atom stereocenters. The fourth-order valence-electron chi connectivity index (χ4n) is 2.00. The SMILES string of the molecule is Cc1cc(C(=O)N=c2sccn2C)cc(S(=O)(=O)N(C)C)c1C. The molecule has 1 aromatic carbocycles. The highest BCUT2D eigenvalue weighted by molar-refractivity contribution is 7.89. The monoisotopic (exact) mass is 353 g/mol. The maximum atomic E-state index is 12.4. The van der Waals surface area contributed by atoms with Crippen molar-refractivity contribution >= 4 is 27.3 Å². The van der Waals surface area contributed by atoms with Crippen molar-refractivity contribution in [1.82, 2.24) is 8.87 Å². The maximum absolute atomic E-state index is 12.4. The van der Waals surface area contributed by atoms with Crippen LogP contribution in [0.2, 0.25) is 0 Å². The van der Waals surface area contributed by atoms with E-state index in [4.69, 9.17) is 0 Å². The van der Waals surface area contributed by atoms with Crippen LogP contribution in [-0.2, 0) is 17.1 Å². The van der Waals surface area contributed by atoms with Gasteiger partial charge in [-0.15, -0.1) is 11.3 Å². The topological polar surface area (TPSA) is 71.7 Å². The molecule has 0 saturated heterocycles. The van der Waals surface area contributed by atoms with Crippen LogP contribution >= 0.6 is 11.3 Å². The molecule has 0 radical (unpaired) electrons. The number of benzene rings is 1. The third kappa shape index (κ3) is 3.44. The van der Waals surface area contributed by atoms with Gasteiger partial charge in [0.25, 0.3) is 5.91 Å². The summed E-state index contributed by atoms with van der Waals surface area (Å²) in [6, 6.07) is 3.07. The Kier molecular flexibility index (Phi) is 4.88. The standard InChI is InChI=1S/C15H19N3O3S2/c1-10-8-12(14(19)16-15-18(5)6-7-22-15)9-13(11(10)2)23(20,21)17(3)4/h6-9H,1-5H3. The Labute approximate surface area is 139 Å². The number of sulfonamides is 1. The Morgan fingerprint density at radius 3 is 2.43 bits per heavy atom. The number of carbonyl (C=O) groups excluding carboxylic acids is 1. The first kappa shape index (κ1) is 17.6. The number of thiazole rings is 1. The Hall–Kier alpha value is -1.77. The number of rotatable bonds is 3. The number of hydrogen-bond donors (Lipinski definition) is 0. The Bertz CT molecular complexity index is 922. The van der Waals surface area contributed by atoms with Gasteiger partial charge in [-0.05, 0) is 37.1 Å². The molecule has 2 aromatic rings. The van der Waals surface area contributed by atoms with Gasteiger partial charge in [0.05, 0.1) is 4.90 Å². The fraction of sp³-hybridized carbons (Fsp3) is 0.333. The highest BCUT2D eigenvalue weighted by Crippen LogP contribution is 2.23. The molecule has 23 heavy (non-hydrogen) atoms. The molecule has 0 N–H and O–H groups in total. The third-order valence-electron chi connectivity index (χ3n) is 3.58. The van der Waals surface area contributed by atoms with E-state index in [-0.39, 0.29) is 10.5 Å². The minimum absolute atomic E-state index is 0.136. The predicted octanol–water partition coefficient (Wildman–Crippen LogP) is 1.69. The molecule has 0 aliphatic carbocycles. The molecule has 6 nitrogen and oxygen atoms in total. The van der Waals surface area contributed by atoms with Crippen molar-refractivity contribution in [3.8, 4) is 0 Å². The van der Waals surface area contributed by atoms with Crippen molar-refractivity contribution in [2.75, 3.05) is 14.1 Å². The molecule has 0 unspecified atom stereocenters. The zero-order valence-electron chi connectivity index (χ0n) is 13.7. The second-order valence-electron chi connectivity index (χ2n) is 5.42. The summed E-state index contributed by atoms with van der Waals surface area (Å²) in [7, 11) is 1.11. The van der Waals surface area contributed by atoms with Crippen molar-refractivity contribution < 1.29 is 13.2 Å². The molecular formula is C15H19N3O3S2. The van der Waals surface area contributed by atoms with E-state index in [2.05, 4.69) is 4.99 Å². The molecule has 0 spiro atoms. The lowest BCUT2D eigenvalue weighted by molar-refractivity contribution is 0.0997. The highest BCUT2D eigenvalue weighted by Gasteiger charge is 2.22. The summed E-state index contributed by atoms with van der Waals surface area (Å²) in [5, 5.41) is 1.83. The van der Waals surface area contributed by atoms with E-state index in [1.54, 1.807) is 37.7 Å². The van der Waals surface area contributed by atoms with Gasteiger partial charge >= 0.3 is 0 Å². The van der Waals surface area contributed by atoms with Gasteiger partial charge in [-0.25, -0.2) is 12.7 Å². The predicted molar refractivity (Wildman–Crippen MR) is 90.0 cm³/mol. The van der Waals surface area contributed by atoms with Crippen molar-refractivity contribution in [2.45, 2.75) is 18.7 Å². The van der Waals surface area contributed by atoms with Crippen LogP contribution in [0.4, 0.5) is 0 Å². The first-order chi connectivity index (χ1) is 10.6. The summed E-state index contributed by atoms with van der Waals surface area (Å²) < 4.78 is 27.7. The van der Waals surface area contributed by atoms with Gasteiger partial charge in [-0.2, -0.15) is 4.99 Å². The van der Waals surface area contributed by atoms with Gasteiger partial charge in [0.1, 0.15) is 0 Å². The molecular weight excluding hydrogens is 334 g/mol. The fourth-order valence-corrected chi connectivity index (χ4v) is 3.95. The zero-order chi connectivity index (χ0) is 17.4. The number of nitrogens with zero attached hydrogens (tertiary/aromatic N) is 3. The molecule has 0 aliphatic rings. The minimum Gasteiger partial charge on any atom is -0.327 e. The largest absolute Gasteiger partial charge is 0.327 e. The van der Waals surface area contributed by atoms with Crippen molar-refractivity contribution in [3.05, 3.63) is 45.2 Å². The Morgan fingerprint density at radius 2 is 1.91 bits per heavy atom. The molecule has 0 bridgehead atoms. The lowest BCUT2D eigenvalue weighted by atomic mass is 10.1. The molecule has 0 aliphatic heterocycles. The van der Waals surface area contributed by atoms with E-state index >= 15 is 0 Å². The zero-order valence-corrected chi connectivity index (χ0v) is 15.3. The van der Waals surface area contributed by atoms with Gasteiger partial charge in [0.2, 0.25) is 10.0 Å². The second-order valence-corrected chi connectivity index (χ2v) is 8.41. The van der Waals surface area contributed by atoms with Crippen LogP contribution in [0.25, 0.3) is 0 Å². The summed E-state index contributed by atoms with van der Waals surface area (Å²) in [4.78, 5) is 17.2. The first-order valence-corrected chi connectivity index (χ1v) is 9.19. The van der Waals surface area contributed by atoms with Crippen LogP contribution in [0.15, 0.2) is 33.6 Å². The van der Waals surface area contributed by atoms with Crippen LogP contribution in [-0.4, -0.2) is 37.3 Å². The number of amides is 1. The van der Waals surface area contributed by atoms with E-state index in [9.17, 15) is 13.2 Å². The molecule has 1 heterocycles. The molecule has 124 valence electrons. The van der Waals surface area contributed by atoms with Crippen molar-refractivity contribution in [3.63, 3.8) is 0 Å². The molecule has 2 rings (SSSR count). The van der Waals surface area contributed by atoms with Gasteiger partial charge < -0.3 is 4.57 Å².